The van der Waals surface area contributed by atoms with Crippen LogP contribution in [0.4, 0.5) is 0 Å². The summed E-state index contributed by atoms with van der Waals surface area (Å²) in [5, 5.41) is 31.2. The van der Waals surface area contributed by atoms with E-state index in [2.05, 4.69) is 49.3 Å². The highest BCUT2D eigenvalue weighted by Crippen LogP contribution is 2.61. The smallest absolute Gasteiger partial charge is 0.116 e. The van der Waals surface area contributed by atoms with Gasteiger partial charge in [-0.3, -0.25) is 0 Å². The van der Waals surface area contributed by atoms with Crippen LogP contribution in [0.5, 0.6) is 0 Å². The summed E-state index contributed by atoms with van der Waals surface area (Å²) >= 11 is 0. The predicted octanol–water partition coefficient (Wildman–Crippen LogP) is 6.10. The second-order valence-corrected chi connectivity index (χ2v) is 14.3. The zero-order chi connectivity index (χ0) is 26.5. The van der Waals surface area contributed by atoms with E-state index in [4.69, 9.17) is 0 Å². The van der Waals surface area contributed by atoms with Gasteiger partial charge in [0.05, 0.1) is 12.2 Å². The van der Waals surface area contributed by atoms with Crippen molar-refractivity contribution in [3.8, 4) is 23.7 Å². The number of aliphatic hydroxyl groups excluding tert-OH is 3. The van der Waals surface area contributed by atoms with Crippen molar-refractivity contribution in [1.29, 1.82) is 0 Å². The first-order chi connectivity index (χ1) is 18.2. The number of aliphatic hydroxyl groups is 3. The first kappa shape index (κ1) is 26.4. The van der Waals surface area contributed by atoms with E-state index in [1.807, 2.05) is 0 Å². The minimum Gasteiger partial charge on any atom is -0.388 e. The Morgan fingerprint density at radius 2 is 1.63 bits per heavy atom. The van der Waals surface area contributed by atoms with Gasteiger partial charge in [0.1, 0.15) is 6.10 Å². The minimum absolute atomic E-state index is 0.176. The van der Waals surface area contributed by atoms with Crippen molar-refractivity contribution in [2.75, 3.05) is 0 Å². The van der Waals surface area contributed by atoms with Gasteiger partial charge in [0.25, 0.3) is 0 Å². The molecular weight excluding hydrogens is 468 g/mol. The van der Waals surface area contributed by atoms with Crippen LogP contribution in [0.1, 0.15) is 96.8 Å². The van der Waals surface area contributed by atoms with Gasteiger partial charge in [-0.1, -0.05) is 48.6 Å². The fourth-order valence-electron chi connectivity index (χ4n) is 10.1. The summed E-state index contributed by atoms with van der Waals surface area (Å²) in [6.45, 7) is 6.24. The van der Waals surface area contributed by atoms with Crippen molar-refractivity contribution < 1.29 is 15.3 Å². The van der Waals surface area contributed by atoms with Crippen molar-refractivity contribution in [3.05, 3.63) is 35.5 Å². The molecule has 3 nitrogen and oxygen atoms in total. The molecule has 3 N–H and O–H groups in total. The van der Waals surface area contributed by atoms with Crippen LogP contribution in [0.3, 0.4) is 0 Å². The standard InChI is InChI=1S/C35H46O3/c1-23-32(37)17-24(18-33(23)38)9-10-28-6-5-13-34(2)29(11-12-31(28)34)7-3-4-8-30(36)22-35-19-25-14-26(20-35)16-27(15-25)21-35/h9-10,25-27,29-33,36-38H,1,5-6,11-22H2,2H3/b28-10+/t25?,26?,27?,29-,30?,31?,32+,33+,34+,35?/m0/s1. The summed E-state index contributed by atoms with van der Waals surface area (Å²) < 4.78 is 0. The zero-order valence-corrected chi connectivity index (χ0v) is 23.2. The highest BCUT2D eigenvalue weighted by Gasteiger charge is 2.51. The maximum atomic E-state index is 10.8. The van der Waals surface area contributed by atoms with Crippen molar-refractivity contribution in [3.63, 3.8) is 0 Å². The molecule has 0 aromatic carbocycles. The van der Waals surface area contributed by atoms with Crippen LogP contribution < -0.4 is 0 Å². The second kappa shape index (κ2) is 10.3. The topological polar surface area (TPSA) is 60.7 Å². The molecule has 3 heteroatoms. The number of fused-ring (bicyclic) bond motifs is 1. The minimum atomic E-state index is -0.640. The average molecular weight is 515 g/mol. The molecule has 0 amide bonds. The summed E-state index contributed by atoms with van der Waals surface area (Å²) in [7, 11) is 0. The molecule has 6 atom stereocenters. The number of rotatable bonds is 3. The molecule has 0 spiro atoms. The maximum Gasteiger partial charge on any atom is 0.116 e. The highest BCUT2D eigenvalue weighted by atomic mass is 16.3. The van der Waals surface area contributed by atoms with Crippen molar-refractivity contribution in [2.24, 2.45) is 40.4 Å². The Balaban J connectivity index is 1.08. The molecule has 0 aliphatic heterocycles. The third kappa shape index (κ3) is 5.08. The quantitative estimate of drug-likeness (QED) is 0.315. The molecule has 0 saturated heterocycles. The van der Waals surface area contributed by atoms with Crippen LogP contribution >= 0.6 is 0 Å². The van der Waals surface area contributed by atoms with Gasteiger partial charge in [0.2, 0.25) is 0 Å². The Morgan fingerprint density at radius 3 is 2.29 bits per heavy atom. The molecule has 7 saturated carbocycles. The molecule has 4 bridgehead atoms. The van der Waals surface area contributed by atoms with Crippen molar-refractivity contribution in [1.82, 2.24) is 0 Å². The Bertz CT molecular complexity index is 1080. The molecule has 7 fully saturated rings. The number of hydrogen-bond acceptors (Lipinski definition) is 3. The van der Waals surface area contributed by atoms with E-state index < -0.39 is 18.3 Å². The van der Waals surface area contributed by atoms with Gasteiger partial charge in [-0.05, 0) is 142 Å². The van der Waals surface area contributed by atoms with E-state index in [1.165, 1.54) is 56.9 Å². The van der Waals surface area contributed by atoms with Gasteiger partial charge >= 0.3 is 0 Å². The lowest BCUT2D eigenvalue weighted by Crippen LogP contribution is -2.47. The molecule has 0 aromatic heterocycles. The molecule has 7 aliphatic rings. The molecule has 0 radical (unpaired) electrons. The summed E-state index contributed by atoms with van der Waals surface area (Å²) in [5.41, 5.74) is 3.68. The Kier molecular flexibility index (Phi) is 7.18. The van der Waals surface area contributed by atoms with Gasteiger partial charge in [-0.25, -0.2) is 0 Å². The predicted molar refractivity (Wildman–Crippen MR) is 152 cm³/mol. The zero-order valence-electron chi connectivity index (χ0n) is 23.2. The summed E-state index contributed by atoms with van der Waals surface area (Å²) in [6.07, 6.45) is 18.6. The van der Waals surface area contributed by atoms with Gasteiger partial charge in [-0.2, -0.15) is 0 Å². The second-order valence-electron chi connectivity index (χ2n) is 14.3. The van der Waals surface area contributed by atoms with Crippen LogP contribution in [0.15, 0.2) is 35.5 Å². The first-order valence-corrected chi connectivity index (χ1v) is 15.4. The van der Waals surface area contributed by atoms with Gasteiger partial charge in [0.15, 0.2) is 0 Å². The Hall–Kier alpha value is -1.78. The highest BCUT2D eigenvalue weighted by molar-refractivity contribution is 5.33. The lowest BCUT2D eigenvalue weighted by Gasteiger charge is -2.57. The van der Waals surface area contributed by atoms with Gasteiger partial charge in [0, 0.05) is 5.92 Å². The Morgan fingerprint density at radius 1 is 0.974 bits per heavy atom. The molecular formula is C35H46O3. The molecule has 38 heavy (non-hydrogen) atoms. The van der Waals surface area contributed by atoms with E-state index in [0.717, 1.165) is 49.0 Å². The molecule has 2 unspecified atom stereocenters. The van der Waals surface area contributed by atoms with Crippen LogP contribution in [0.2, 0.25) is 0 Å². The van der Waals surface area contributed by atoms with E-state index in [0.29, 0.717) is 35.7 Å². The fourth-order valence-corrected chi connectivity index (χ4v) is 10.1. The van der Waals surface area contributed by atoms with Gasteiger partial charge < -0.3 is 15.3 Å². The first-order valence-electron chi connectivity index (χ1n) is 15.4. The maximum absolute atomic E-state index is 10.8. The lowest BCUT2D eigenvalue weighted by molar-refractivity contribution is -0.0696. The summed E-state index contributed by atoms with van der Waals surface area (Å²) in [6, 6.07) is 0. The molecule has 0 heterocycles. The van der Waals surface area contributed by atoms with Gasteiger partial charge in [-0.15, -0.1) is 0 Å². The molecule has 7 rings (SSSR count). The largest absolute Gasteiger partial charge is 0.388 e. The average Bonchev–Trinajstić information content (AvgIpc) is 3.19. The molecule has 7 aliphatic carbocycles. The van der Waals surface area contributed by atoms with E-state index in [9.17, 15) is 15.3 Å². The van der Waals surface area contributed by atoms with Crippen molar-refractivity contribution in [2.45, 2.75) is 115 Å². The summed E-state index contributed by atoms with van der Waals surface area (Å²) in [4.78, 5) is 0. The van der Waals surface area contributed by atoms with E-state index in [1.54, 1.807) is 0 Å². The molecule has 204 valence electrons. The van der Waals surface area contributed by atoms with E-state index >= 15 is 0 Å². The molecule has 0 aromatic rings. The number of allylic oxidation sites excluding steroid dienone is 3. The number of hydrogen-bond donors (Lipinski definition) is 3. The monoisotopic (exact) mass is 514 g/mol. The van der Waals surface area contributed by atoms with Crippen LogP contribution in [0, 0.1) is 64.1 Å². The van der Waals surface area contributed by atoms with Crippen LogP contribution in [0.25, 0.3) is 0 Å². The third-order valence-electron chi connectivity index (χ3n) is 11.6. The third-order valence-corrected chi connectivity index (χ3v) is 11.6. The lowest BCUT2D eigenvalue weighted by atomic mass is 9.48. The Labute approximate surface area is 229 Å². The van der Waals surface area contributed by atoms with Crippen LogP contribution in [-0.2, 0) is 0 Å². The van der Waals surface area contributed by atoms with Crippen LogP contribution in [-0.4, -0.2) is 33.6 Å². The fraction of sp³-hybridized carbons (Fsp3) is 0.714. The SMILES string of the molecule is C=C1[C@H](O)CC(=C/C=C2\CCC[C@@]3(C)C2CC[C@@H]3C#CC#CC(O)CC23CC4CC(CC(C4)C2)C3)C[C@H]1O. The van der Waals surface area contributed by atoms with E-state index in [-0.39, 0.29) is 5.41 Å². The van der Waals surface area contributed by atoms with Crippen molar-refractivity contribution >= 4 is 0 Å². The summed E-state index contributed by atoms with van der Waals surface area (Å²) in [5.74, 6) is 16.5. The normalized spacial score (nSPS) is 45.2.